The van der Waals surface area contributed by atoms with Gasteiger partial charge in [-0.25, -0.2) is 18.5 Å². The molecule has 2 aliphatic rings. The summed E-state index contributed by atoms with van der Waals surface area (Å²) >= 11 is 0. The van der Waals surface area contributed by atoms with Crippen molar-refractivity contribution >= 4 is 19.2 Å². The Morgan fingerprint density at radius 2 is 1.69 bits per heavy atom. The first-order chi connectivity index (χ1) is 26.0. The molecule has 54 heavy (non-hydrogen) atoms. The number of hydrogen-bond acceptors (Lipinski definition) is 12. The molecule has 7 atom stereocenters. The molecule has 16 heteroatoms. The van der Waals surface area contributed by atoms with E-state index in [9.17, 15) is 34.6 Å². The van der Waals surface area contributed by atoms with Crippen molar-refractivity contribution in [2.24, 2.45) is 0 Å². The van der Waals surface area contributed by atoms with Crippen LogP contribution < -0.4 is 5.73 Å². The van der Waals surface area contributed by atoms with Crippen LogP contribution in [-0.2, 0) is 29.7 Å². The fourth-order valence-electron chi connectivity index (χ4n) is 7.32. The van der Waals surface area contributed by atoms with Crippen molar-refractivity contribution in [1.82, 2.24) is 14.6 Å². The third-order valence-corrected chi connectivity index (χ3v) is 11.4. The molecule has 0 amide bonds. The highest BCUT2D eigenvalue weighted by atomic mass is 31.2. The Labute approximate surface area is 315 Å². The number of nitriles is 2. The number of nitrogens with zero attached hydrogens (tertiary/aromatic N) is 5. The lowest BCUT2D eigenvalue weighted by Crippen LogP contribution is -2.35. The number of hydrogen-bond donors (Lipinski definition) is 4. The topological polar surface area (TPSA) is 218 Å². The Morgan fingerprint density at radius 1 is 1.04 bits per heavy atom. The average molecular weight is 771 g/mol. The third-order valence-electron chi connectivity index (χ3n) is 10.4. The van der Waals surface area contributed by atoms with Gasteiger partial charge in [-0.2, -0.15) is 15.6 Å². The van der Waals surface area contributed by atoms with Gasteiger partial charge in [0, 0.05) is 0 Å². The van der Waals surface area contributed by atoms with E-state index in [-0.39, 0.29) is 23.7 Å². The molecule has 1 saturated carbocycles. The number of ether oxygens (including phenoxy) is 2. The number of anilines is 1. The number of benzene rings is 1. The van der Waals surface area contributed by atoms with E-state index in [1.165, 1.54) is 87.2 Å². The van der Waals surface area contributed by atoms with Gasteiger partial charge in [-0.15, -0.1) is 0 Å². The Kier molecular flexibility index (Phi) is 14.6. The van der Waals surface area contributed by atoms with Crippen molar-refractivity contribution in [3.05, 3.63) is 59.3 Å². The third kappa shape index (κ3) is 9.65. The maximum atomic E-state index is 14.1. The zero-order valence-electron chi connectivity index (χ0n) is 30.8. The minimum atomic E-state index is -4.96. The molecule has 1 aliphatic carbocycles. The first kappa shape index (κ1) is 41.7. The summed E-state index contributed by atoms with van der Waals surface area (Å²) in [6.45, 7) is 1.75. The molecular weight excluding hydrogens is 718 g/mol. The van der Waals surface area contributed by atoms with Crippen molar-refractivity contribution in [3.63, 3.8) is 0 Å². The highest BCUT2D eigenvalue weighted by Gasteiger charge is 2.90. The van der Waals surface area contributed by atoms with Gasteiger partial charge in [0.25, 0.3) is 0 Å². The molecule has 0 bridgehead atoms. The first-order valence-electron chi connectivity index (χ1n) is 19.0. The lowest BCUT2D eigenvalue weighted by atomic mass is 10.0. The number of unbranched alkanes of at least 4 members (excludes halogenated alkanes) is 13. The lowest BCUT2D eigenvalue weighted by Gasteiger charge is -2.24. The second-order valence-electron chi connectivity index (χ2n) is 14.4. The van der Waals surface area contributed by atoms with Crippen LogP contribution in [0.4, 0.5) is 10.2 Å². The molecule has 3 heterocycles. The zero-order valence-corrected chi connectivity index (χ0v) is 31.7. The number of aliphatic hydroxyl groups excluding tert-OH is 1. The average Bonchev–Trinajstić information content (AvgIpc) is 3.38. The molecular formula is C38H52FN6O8P. The number of phosphoric ester groups is 1. The summed E-state index contributed by atoms with van der Waals surface area (Å²) in [6, 6.07) is 10.7. The van der Waals surface area contributed by atoms with Gasteiger partial charge >= 0.3 is 7.82 Å². The van der Waals surface area contributed by atoms with E-state index in [1.807, 2.05) is 6.07 Å². The molecule has 2 aromatic heterocycles. The number of nitrogen functional groups attached to an aromatic ring is 1. The van der Waals surface area contributed by atoms with Gasteiger partial charge in [-0.05, 0) is 42.3 Å². The number of aliphatic hydroxyl groups is 2. The summed E-state index contributed by atoms with van der Waals surface area (Å²) < 4.78 is 51.1. The van der Waals surface area contributed by atoms with Gasteiger partial charge in [-0.1, -0.05) is 96.8 Å². The SMILES string of the molecule is CCCCCCCCCCCCCCCC[C@H](COP(=O)(O)OC1[C@@]2(C#N)O[C@@H](c3ccc4c(N)ncnn34)[C@H](O)[C@@]12O)OCc1cc(F)cc(C#N)c1. The van der Waals surface area contributed by atoms with Crippen LogP contribution in [0.15, 0.2) is 36.7 Å². The molecule has 1 saturated heterocycles. The zero-order chi connectivity index (χ0) is 38.8. The van der Waals surface area contributed by atoms with Crippen LogP contribution in [0.5, 0.6) is 0 Å². The van der Waals surface area contributed by atoms with Crippen molar-refractivity contribution in [2.75, 3.05) is 12.3 Å². The van der Waals surface area contributed by atoms with Crippen molar-refractivity contribution in [1.29, 1.82) is 10.5 Å². The number of phosphoric acid groups is 1. The van der Waals surface area contributed by atoms with Gasteiger partial charge < -0.3 is 30.3 Å². The molecule has 2 fully saturated rings. The molecule has 0 radical (unpaired) electrons. The van der Waals surface area contributed by atoms with E-state index in [4.69, 9.17) is 24.3 Å². The number of fused-ring (bicyclic) bond motifs is 2. The van der Waals surface area contributed by atoms with Crippen LogP contribution in [0.1, 0.15) is 126 Å². The smallest absolute Gasteiger partial charge is 0.387 e. The van der Waals surface area contributed by atoms with E-state index in [2.05, 4.69) is 17.0 Å². The summed E-state index contributed by atoms with van der Waals surface area (Å²) in [6.07, 6.45) is 12.8. The molecule has 0 spiro atoms. The molecule has 1 aliphatic heterocycles. The Hall–Kier alpha value is -3.50. The quantitative estimate of drug-likeness (QED) is 0.0550. The van der Waals surface area contributed by atoms with Gasteiger partial charge in [0.15, 0.2) is 17.5 Å². The standard InChI is InChI=1S/C38H52FN6O8P/c1-2-3-4-5-6-7-8-9-10-11-12-13-14-15-16-30(50-23-28-19-27(22-40)20-29(39)21-28)24-51-54(48,49)53-36-37(25-41)38(36,47)34(46)33(52-37)31-17-18-32-35(42)43-26-44-45(31)32/h17-21,26,30,33-34,36,46-47H,2-16,23-24H2,1H3,(H,48,49)(H2,42,43,44)/t30-,33+,34+,36?,37-,38-/m1/s1. The van der Waals surface area contributed by atoms with Crippen molar-refractivity contribution in [2.45, 2.75) is 145 Å². The first-order valence-corrected chi connectivity index (χ1v) is 20.5. The van der Waals surface area contributed by atoms with Crippen LogP contribution in [0.2, 0.25) is 0 Å². The van der Waals surface area contributed by atoms with E-state index in [0.717, 1.165) is 31.7 Å². The van der Waals surface area contributed by atoms with Crippen LogP contribution in [0.25, 0.3) is 5.52 Å². The predicted molar refractivity (Wildman–Crippen MR) is 196 cm³/mol. The second kappa shape index (κ2) is 18.9. The highest BCUT2D eigenvalue weighted by molar-refractivity contribution is 7.47. The summed E-state index contributed by atoms with van der Waals surface area (Å²) in [5, 5.41) is 45.9. The van der Waals surface area contributed by atoms with Crippen LogP contribution in [-0.4, -0.2) is 65.8 Å². The number of aromatic nitrogens is 3. The largest absolute Gasteiger partial charge is 0.472 e. The molecule has 5 N–H and O–H groups in total. The molecule has 294 valence electrons. The summed E-state index contributed by atoms with van der Waals surface area (Å²) in [5.74, 6) is -0.425. The maximum Gasteiger partial charge on any atom is 0.472 e. The monoisotopic (exact) mass is 770 g/mol. The van der Waals surface area contributed by atoms with Crippen LogP contribution in [0, 0.1) is 28.5 Å². The summed E-state index contributed by atoms with van der Waals surface area (Å²) in [5.41, 5.74) is 2.59. The number of rotatable bonds is 24. The Balaban J connectivity index is 1.12. The predicted octanol–water partition coefficient (Wildman–Crippen LogP) is 6.72. The van der Waals surface area contributed by atoms with E-state index in [0.29, 0.717) is 17.5 Å². The normalized spacial score (nSPS) is 24.8. The van der Waals surface area contributed by atoms with E-state index >= 15 is 0 Å². The molecule has 14 nitrogen and oxygen atoms in total. The summed E-state index contributed by atoms with van der Waals surface area (Å²) in [7, 11) is -4.96. The van der Waals surface area contributed by atoms with Crippen molar-refractivity contribution < 1.29 is 42.6 Å². The minimum Gasteiger partial charge on any atom is -0.387 e. The van der Waals surface area contributed by atoms with Crippen molar-refractivity contribution in [3.8, 4) is 12.1 Å². The maximum absolute atomic E-state index is 14.1. The van der Waals surface area contributed by atoms with E-state index < -0.39 is 55.9 Å². The highest BCUT2D eigenvalue weighted by Crippen LogP contribution is 2.68. The molecule has 5 rings (SSSR count). The Morgan fingerprint density at radius 3 is 2.30 bits per heavy atom. The minimum absolute atomic E-state index is 0.0814. The van der Waals surface area contributed by atoms with Crippen LogP contribution in [0.3, 0.4) is 0 Å². The van der Waals surface area contributed by atoms with Crippen LogP contribution >= 0.6 is 7.82 Å². The van der Waals surface area contributed by atoms with Gasteiger partial charge in [0.1, 0.15) is 35.9 Å². The van der Waals surface area contributed by atoms with Gasteiger partial charge in [0.05, 0.1) is 36.6 Å². The van der Waals surface area contributed by atoms with Gasteiger partial charge in [0.2, 0.25) is 5.60 Å². The number of halogens is 1. The molecule has 3 aromatic rings. The summed E-state index contributed by atoms with van der Waals surface area (Å²) in [4.78, 5) is 14.6. The fourth-order valence-corrected chi connectivity index (χ4v) is 8.31. The number of nitrogens with two attached hydrogens (primary N) is 1. The Bertz CT molecular complexity index is 1840. The molecule has 1 aromatic carbocycles. The van der Waals surface area contributed by atoms with E-state index in [1.54, 1.807) is 18.2 Å². The second-order valence-corrected chi connectivity index (χ2v) is 15.8. The van der Waals surface area contributed by atoms with Gasteiger partial charge in [-0.3, -0.25) is 9.05 Å². The molecule has 2 unspecified atom stereocenters. The lowest BCUT2D eigenvalue weighted by molar-refractivity contribution is -0.0769. The fraction of sp³-hybridized carbons (Fsp3) is 0.632.